The third kappa shape index (κ3) is 4.23. The number of nitrogens with zero attached hydrogens (tertiary/aromatic N) is 1. The molecule has 0 aliphatic rings. The summed E-state index contributed by atoms with van der Waals surface area (Å²) >= 11 is 0.961. The van der Waals surface area contributed by atoms with Gasteiger partial charge in [-0.3, -0.25) is 0 Å². The van der Waals surface area contributed by atoms with E-state index in [0.717, 1.165) is 11.3 Å². The maximum atomic E-state index is 11.9. The molecule has 1 heterocycles. The van der Waals surface area contributed by atoms with Gasteiger partial charge in [-0.2, -0.15) is 0 Å². The maximum absolute atomic E-state index is 11.9. The highest BCUT2D eigenvalue weighted by molar-refractivity contribution is 7.91. The molecule has 0 radical (unpaired) electrons. The molecule has 1 rings (SSSR count). The van der Waals surface area contributed by atoms with Gasteiger partial charge in [0.05, 0.1) is 18.4 Å². The summed E-state index contributed by atoms with van der Waals surface area (Å²) in [5.41, 5.74) is 5.88. The number of thiazole rings is 1. The van der Waals surface area contributed by atoms with Gasteiger partial charge in [0.1, 0.15) is 0 Å². The number of nitrogens with two attached hydrogens (primary N) is 1. The molecule has 98 valence electrons. The van der Waals surface area contributed by atoms with Crippen molar-refractivity contribution in [1.29, 1.82) is 0 Å². The number of ether oxygens (including phenoxy) is 1. The van der Waals surface area contributed by atoms with Crippen LogP contribution in [0.25, 0.3) is 0 Å². The fourth-order valence-corrected chi connectivity index (χ4v) is 3.54. The molecule has 1 aromatic heterocycles. The summed E-state index contributed by atoms with van der Waals surface area (Å²) in [7, 11) is -3.52. The Morgan fingerprint density at radius 1 is 1.53 bits per heavy atom. The van der Waals surface area contributed by atoms with Crippen LogP contribution in [0.5, 0.6) is 0 Å². The number of rotatable bonds is 6. The first-order valence-corrected chi connectivity index (χ1v) is 7.47. The number of aryl methyl sites for hydroxylation is 1. The zero-order valence-electron chi connectivity index (χ0n) is 10.1. The van der Waals surface area contributed by atoms with Crippen molar-refractivity contribution < 1.29 is 13.2 Å². The number of anilines is 1. The smallest absolute Gasteiger partial charge is 0.252 e. The molecule has 0 bridgehead atoms. The second kappa shape index (κ2) is 5.76. The van der Waals surface area contributed by atoms with Crippen LogP contribution < -0.4 is 10.5 Å². The van der Waals surface area contributed by atoms with Gasteiger partial charge in [-0.1, -0.05) is 11.3 Å². The van der Waals surface area contributed by atoms with Gasteiger partial charge in [-0.05, 0) is 20.8 Å². The molecule has 0 aliphatic heterocycles. The number of hydrogen-bond donors (Lipinski definition) is 2. The molecule has 0 aliphatic carbocycles. The fourth-order valence-electron chi connectivity index (χ4n) is 1.19. The lowest BCUT2D eigenvalue weighted by Crippen LogP contribution is -2.28. The molecular formula is C9H17N3O3S2. The fraction of sp³-hybridized carbons (Fsp3) is 0.667. The number of aromatic nitrogens is 1. The summed E-state index contributed by atoms with van der Waals surface area (Å²) in [6.07, 6.45) is 0.0836. The van der Waals surface area contributed by atoms with E-state index < -0.39 is 10.0 Å². The van der Waals surface area contributed by atoms with Crippen LogP contribution in [0.15, 0.2) is 4.21 Å². The summed E-state index contributed by atoms with van der Waals surface area (Å²) in [6, 6.07) is 0. The van der Waals surface area contributed by atoms with Crippen LogP contribution in [0.2, 0.25) is 0 Å². The molecule has 3 N–H and O–H groups in total. The van der Waals surface area contributed by atoms with Crippen LogP contribution in [-0.4, -0.2) is 32.7 Å². The van der Waals surface area contributed by atoms with Gasteiger partial charge in [0.2, 0.25) is 0 Å². The molecule has 0 amide bonds. The van der Waals surface area contributed by atoms with Gasteiger partial charge in [-0.15, -0.1) is 0 Å². The molecule has 0 unspecified atom stereocenters. The first kappa shape index (κ1) is 14.4. The average Bonchev–Trinajstić information content (AvgIpc) is 2.53. The standard InChI is InChI=1S/C9H17N3O3S2/c1-6(2)15-5-4-11-17(13,14)8-7(3)12-9(10)16-8/h6,11H,4-5H2,1-3H3,(H2,10,12). The Morgan fingerprint density at radius 2 is 2.18 bits per heavy atom. The monoisotopic (exact) mass is 279 g/mol. The van der Waals surface area contributed by atoms with Crippen molar-refractivity contribution in [2.24, 2.45) is 0 Å². The summed E-state index contributed by atoms with van der Waals surface area (Å²) in [5.74, 6) is 0. The molecule has 6 nitrogen and oxygen atoms in total. The SMILES string of the molecule is Cc1nc(N)sc1S(=O)(=O)NCCOC(C)C. The Morgan fingerprint density at radius 3 is 2.65 bits per heavy atom. The minimum absolute atomic E-state index is 0.0836. The quantitative estimate of drug-likeness (QED) is 0.749. The summed E-state index contributed by atoms with van der Waals surface area (Å²) in [5, 5.41) is 0.251. The Bertz CT molecular complexity index is 468. The summed E-state index contributed by atoms with van der Waals surface area (Å²) in [4.78, 5) is 3.88. The van der Waals surface area contributed by atoms with E-state index in [1.807, 2.05) is 13.8 Å². The van der Waals surface area contributed by atoms with Gasteiger partial charge in [0, 0.05) is 6.54 Å². The van der Waals surface area contributed by atoms with E-state index in [9.17, 15) is 8.42 Å². The van der Waals surface area contributed by atoms with Gasteiger partial charge < -0.3 is 10.5 Å². The van der Waals surface area contributed by atoms with Gasteiger partial charge in [0.25, 0.3) is 10.0 Å². The summed E-state index contributed by atoms with van der Waals surface area (Å²) in [6.45, 7) is 5.97. The van der Waals surface area contributed by atoms with Crippen LogP contribution in [0, 0.1) is 6.92 Å². The first-order valence-electron chi connectivity index (χ1n) is 5.17. The van der Waals surface area contributed by atoms with Crippen molar-refractivity contribution in [2.45, 2.75) is 31.1 Å². The van der Waals surface area contributed by atoms with Crippen molar-refractivity contribution in [2.75, 3.05) is 18.9 Å². The normalized spacial score (nSPS) is 12.2. The highest BCUT2D eigenvalue weighted by Crippen LogP contribution is 2.24. The predicted octanol–water partition coefficient (Wildman–Crippen LogP) is 0.737. The van der Waals surface area contributed by atoms with E-state index >= 15 is 0 Å². The topological polar surface area (TPSA) is 94.3 Å². The van der Waals surface area contributed by atoms with Crippen molar-refractivity contribution >= 4 is 26.5 Å². The lowest BCUT2D eigenvalue weighted by Gasteiger charge is -2.08. The molecule has 0 saturated heterocycles. The van der Waals surface area contributed by atoms with Crippen molar-refractivity contribution in [3.05, 3.63) is 5.69 Å². The van der Waals surface area contributed by atoms with E-state index in [1.54, 1.807) is 6.92 Å². The van der Waals surface area contributed by atoms with E-state index in [-0.39, 0.29) is 22.0 Å². The van der Waals surface area contributed by atoms with Gasteiger partial charge >= 0.3 is 0 Å². The van der Waals surface area contributed by atoms with Crippen molar-refractivity contribution in [3.63, 3.8) is 0 Å². The van der Waals surface area contributed by atoms with Gasteiger partial charge in [-0.25, -0.2) is 18.1 Å². The van der Waals surface area contributed by atoms with Crippen LogP contribution in [0.4, 0.5) is 5.13 Å². The third-order valence-electron chi connectivity index (χ3n) is 1.86. The lowest BCUT2D eigenvalue weighted by atomic mass is 10.5. The molecule has 1 aromatic rings. The summed E-state index contributed by atoms with van der Waals surface area (Å²) < 4.78 is 31.6. The molecule has 0 spiro atoms. The Balaban J connectivity index is 2.60. The molecule has 0 saturated carbocycles. The zero-order valence-corrected chi connectivity index (χ0v) is 11.7. The Labute approximate surface area is 105 Å². The highest BCUT2D eigenvalue weighted by Gasteiger charge is 2.20. The number of hydrogen-bond acceptors (Lipinski definition) is 6. The first-order chi connectivity index (χ1) is 7.83. The van der Waals surface area contributed by atoms with Crippen molar-refractivity contribution in [1.82, 2.24) is 9.71 Å². The van der Waals surface area contributed by atoms with E-state index in [1.165, 1.54) is 0 Å². The minimum atomic E-state index is -3.52. The van der Waals surface area contributed by atoms with E-state index in [4.69, 9.17) is 10.5 Å². The molecular weight excluding hydrogens is 262 g/mol. The van der Waals surface area contributed by atoms with E-state index in [2.05, 4.69) is 9.71 Å². The maximum Gasteiger partial charge on any atom is 0.252 e. The molecule has 17 heavy (non-hydrogen) atoms. The minimum Gasteiger partial charge on any atom is -0.377 e. The van der Waals surface area contributed by atoms with Crippen LogP contribution >= 0.6 is 11.3 Å². The molecule has 0 aromatic carbocycles. The van der Waals surface area contributed by atoms with Crippen LogP contribution in [-0.2, 0) is 14.8 Å². The number of sulfonamides is 1. The zero-order chi connectivity index (χ0) is 13.1. The molecule has 8 heteroatoms. The number of nitrogen functional groups attached to an aromatic ring is 1. The van der Waals surface area contributed by atoms with E-state index in [0.29, 0.717) is 12.3 Å². The second-order valence-electron chi connectivity index (χ2n) is 3.74. The third-order valence-corrected chi connectivity index (χ3v) is 4.92. The van der Waals surface area contributed by atoms with Crippen molar-refractivity contribution in [3.8, 4) is 0 Å². The Kier molecular flexibility index (Phi) is 4.87. The van der Waals surface area contributed by atoms with Crippen LogP contribution in [0.1, 0.15) is 19.5 Å². The van der Waals surface area contributed by atoms with Gasteiger partial charge in [0.15, 0.2) is 9.34 Å². The average molecular weight is 279 g/mol. The highest BCUT2D eigenvalue weighted by atomic mass is 32.2. The molecule has 0 atom stereocenters. The lowest BCUT2D eigenvalue weighted by molar-refractivity contribution is 0.0834. The predicted molar refractivity (Wildman–Crippen MR) is 67.5 cm³/mol. The molecule has 0 fully saturated rings. The number of nitrogens with one attached hydrogen (secondary N) is 1. The Hall–Kier alpha value is -0.700. The second-order valence-corrected chi connectivity index (χ2v) is 6.74. The van der Waals surface area contributed by atoms with Crippen LogP contribution in [0.3, 0.4) is 0 Å². The largest absolute Gasteiger partial charge is 0.377 e.